The third-order valence-corrected chi connectivity index (χ3v) is 5.63. The van der Waals surface area contributed by atoms with Crippen LogP contribution in [0.3, 0.4) is 0 Å². The van der Waals surface area contributed by atoms with E-state index in [1.165, 1.54) is 18.9 Å². The average molecular weight is 477 g/mol. The molecule has 1 unspecified atom stereocenters. The van der Waals surface area contributed by atoms with Gasteiger partial charge in [-0.15, -0.1) is 5.10 Å². The lowest BCUT2D eigenvalue weighted by Crippen LogP contribution is -2.38. The molecule has 0 bridgehead atoms. The highest BCUT2D eigenvalue weighted by Gasteiger charge is 2.26. The van der Waals surface area contributed by atoms with Gasteiger partial charge >= 0.3 is 11.9 Å². The van der Waals surface area contributed by atoms with Gasteiger partial charge in [-0.2, -0.15) is 0 Å². The van der Waals surface area contributed by atoms with E-state index >= 15 is 0 Å². The van der Waals surface area contributed by atoms with Gasteiger partial charge in [0.1, 0.15) is 12.4 Å². The lowest BCUT2D eigenvalue weighted by Gasteiger charge is -2.26. The highest BCUT2D eigenvalue weighted by molar-refractivity contribution is 6.00. The lowest BCUT2D eigenvalue weighted by atomic mass is 10.0. The van der Waals surface area contributed by atoms with Gasteiger partial charge in [-0.25, -0.2) is 14.3 Å². The van der Waals surface area contributed by atoms with Crippen molar-refractivity contribution in [3.8, 4) is 5.75 Å². The smallest absolute Gasteiger partial charge is 0.361 e. The van der Waals surface area contributed by atoms with Crippen LogP contribution in [0.25, 0.3) is 0 Å². The molecule has 0 saturated carbocycles. The number of aryl methyl sites for hydroxylation is 1. The van der Waals surface area contributed by atoms with Crippen LogP contribution in [0.1, 0.15) is 51.9 Å². The van der Waals surface area contributed by atoms with Crippen molar-refractivity contribution in [2.24, 2.45) is 0 Å². The van der Waals surface area contributed by atoms with Gasteiger partial charge in [0.15, 0.2) is 5.69 Å². The molecule has 1 saturated heterocycles. The number of unbranched alkanes of at least 4 members (excludes halogenated alkanes) is 1. The summed E-state index contributed by atoms with van der Waals surface area (Å²) in [5, 5.41) is 18.1. The summed E-state index contributed by atoms with van der Waals surface area (Å²) < 4.78 is 21.8. The van der Waals surface area contributed by atoms with Gasteiger partial charge in [-0.3, -0.25) is 4.90 Å². The number of esters is 2. The van der Waals surface area contributed by atoms with Crippen molar-refractivity contribution in [3.05, 3.63) is 41.2 Å². The van der Waals surface area contributed by atoms with E-state index in [1.54, 1.807) is 0 Å². The van der Waals surface area contributed by atoms with Gasteiger partial charge in [0.05, 0.1) is 33.5 Å². The predicted octanol–water partition coefficient (Wildman–Crippen LogP) is 1.47. The number of carbonyl (C=O) groups is 2. The van der Waals surface area contributed by atoms with Crippen molar-refractivity contribution in [1.82, 2.24) is 19.9 Å². The summed E-state index contributed by atoms with van der Waals surface area (Å²) in [6, 6.07) is 7.46. The summed E-state index contributed by atoms with van der Waals surface area (Å²) >= 11 is 0. The first-order valence-electron chi connectivity index (χ1n) is 11.3. The molecule has 11 nitrogen and oxygen atoms in total. The van der Waals surface area contributed by atoms with Crippen LogP contribution in [-0.2, 0) is 20.8 Å². The Bertz CT molecular complexity index is 926. The molecule has 1 aromatic carbocycles. The first-order chi connectivity index (χ1) is 16.5. The number of ether oxygens (including phenoxy) is 4. The molecule has 34 heavy (non-hydrogen) atoms. The van der Waals surface area contributed by atoms with Crippen molar-refractivity contribution >= 4 is 11.9 Å². The van der Waals surface area contributed by atoms with Crippen LogP contribution >= 0.6 is 0 Å². The molecule has 0 amide bonds. The molecule has 3 rings (SSSR count). The topological polar surface area (TPSA) is 125 Å². The number of rotatable bonds is 12. The molecule has 2 heterocycles. The number of nitrogens with zero attached hydrogens (tertiary/aromatic N) is 4. The SMILES string of the molecule is COC(=O)c1nnn(CCCCC(O)c2ccc(OCCN3CCOCC3)cc2)c1C(=O)OC. The van der Waals surface area contributed by atoms with E-state index < -0.39 is 18.0 Å². The number of methoxy groups -OCH3 is 2. The Kier molecular flexibility index (Phi) is 9.80. The third kappa shape index (κ3) is 6.99. The van der Waals surface area contributed by atoms with Crippen molar-refractivity contribution in [2.45, 2.75) is 31.9 Å². The van der Waals surface area contributed by atoms with E-state index in [0.29, 0.717) is 32.4 Å². The highest BCUT2D eigenvalue weighted by atomic mass is 16.5. The fourth-order valence-corrected chi connectivity index (χ4v) is 3.67. The number of morpholine rings is 1. The largest absolute Gasteiger partial charge is 0.492 e. The van der Waals surface area contributed by atoms with E-state index in [-0.39, 0.29) is 11.4 Å². The molecule has 1 aliphatic heterocycles. The summed E-state index contributed by atoms with van der Waals surface area (Å²) in [5.74, 6) is -0.694. The summed E-state index contributed by atoms with van der Waals surface area (Å²) in [6.45, 7) is 5.22. The Morgan fingerprint density at radius 3 is 2.44 bits per heavy atom. The van der Waals surface area contributed by atoms with Crippen LogP contribution in [0.15, 0.2) is 24.3 Å². The maximum Gasteiger partial charge on any atom is 0.361 e. The number of aromatic nitrogens is 3. The molecule has 0 aliphatic carbocycles. The van der Waals surface area contributed by atoms with Gasteiger partial charge in [-0.05, 0) is 37.0 Å². The number of aliphatic hydroxyl groups excluding tert-OH is 1. The summed E-state index contributed by atoms with van der Waals surface area (Å²) in [6.07, 6.45) is 1.20. The van der Waals surface area contributed by atoms with Crippen LogP contribution in [0, 0.1) is 0 Å². The third-order valence-electron chi connectivity index (χ3n) is 5.63. The number of hydrogen-bond acceptors (Lipinski definition) is 10. The zero-order chi connectivity index (χ0) is 24.3. The lowest BCUT2D eigenvalue weighted by molar-refractivity contribution is 0.0322. The van der Waals surface area contributed by atoms with Crippen molar-refractivity contribution < 1.29 is 33.6 Å². The normalized spacial score (nSPS) is 15.0. The molecule has 11 heteroatoms. The quantitative estimate of drug-likeness (QED) is 0.355. The molecule has 186 valence electrons. The molecule has 1 aliphatic rings. The van der Waals surface area contributed by atoms with Gasteiger partial charge < -0.3 is 24.1 Å². The first kappa shape index (κ1) is 25.6. The minimum atomic E-state index is -0.754. The van der Waals surface area contributed by atoms with Crippen molar-refractivity contribution in [2.75, 3.05) is 53.7 Å². The monoisotopic (exact) mass is 476 g/mol. The molecular weight excluding hydrogens is 444 g/mol. The average Bonchev–Trinajstić information content (AvgIpc) is 3.30. The molecule has 0 radical (unpaired) electrons. The Morgan fingerprint density at radius 2 is 1.76 bits per heavy atom. The van der Waals surface area contributed by atoms with Gasteiger partial charge in [0.2, 0.25) is 5.69 Å². The van der Waals surface area contributed by atoms with E-state index in [9.17, 15) is 14.7 Å². The second-order valence-electron chi connectivity index (χ2n) is 7.88. The Balaban J connectivity index is 1.42. The summed E-state index contributed by atoms with van der Waals surface area (Å²) in [5.41, 5.74) is 0.588. The van der Waals surface area contributed by atoms with Gasteiger partial charge in [0.25, 0.3) is 0 Å². The zero-order valence-electron chi connectivity index (χ0n) is 19.6. The van der Waals surface area contributed by atoms with Gasteiger partial charge in [-0.1, -0.05) is 17.3 Å². The fraction of sp³-hybridized carbons (Fsp3) is 0.565. The second-order valence-corrected chi connectivity index (χ2v) is 7.88. The van der Waals surface area contributed by atoms with Crippen molar-refractivity contribution in [1.29, 1.82) is 0 Å². The fourth-order valence-electron chi connectivity index (χ4n) is 3.67. The van der Waals surface area contributed by atoms with Crippen LogP contribution in [-0.4, -0.2) is 90.6 Å². The molecule has 1 aromatic heterocycles. The molecule has 1 atom stereocenters. The standard InChI is InChI=1S/C23H32N4O7/c1-31-22(29)20-21(23(30)32-2)27(25-24-20)10-4-3-5-19(28)17-6-8-18(9-7-17)34-16-13-26-11-14-33-15-12-26/h6-9,19,28H,3-5,10-16H2,1-2H3. The highest BCUT2D eigenvalue weighted by Crippen LogP contribution is 2.22. The van der Waals surface area contributed by atoms with Crippen LogP contribution in [0.4, 0.5) is 0 Å². The molecule has 1 N–H and O–H groups in total. The number of aliphatic hydroxyl groups is 1. The van der Waals surface area contributed by atoms with Crippen molar-refractivity contribution in [3.63, 3.8) is 0 Å². The van der Waals surface area contributed by atoms with E-state index in [0.717, 1.165) is 44.2 Å². The van der Waals surface area contributed by atoms with E-state index in [1.807, 2.05) is 24.3 Å². The summed E-state index contributed by atoms with van der Waals surface area (Å²) in [4.78, 5) is 26.2. The number of benzene rings is 1. The van der Waals surface area contributed by atoms with E-state index in [4.69, 9.17) is 14.2 Å². The number of hydrogen-bond donors (Lipinski definition) is 1. The molecular formula is C23H32N4O7. The van der Waals surface area contributed by atoms with E-state index in [2.05, 4.69) is 19.9 Å². The molecule has 0 spiro atoms. The maximum absolute atomic E-state index is 12.0. The minimum absolute atomic E-state index is 0.0425. The number of carbonyl (C=O) groups excluding carboxylic acids is 2. The molecule has 1 fully saturated rings. The predicted molar refractivity (Wildman–Crippen MR) is 121 cm³/mol. The first-order valence-corrected chi connectivity index (χ1v) is 11.3. The van der Waals surface area contributed by atoms with Crippen LogP contribution in [0.5, 0.6) is 5.75 Å². The Hall–Kier alpha value is -3.02. The Labute approximate surface area is 198 Å². The Morgan fingerprint density at radius 1 is 1.06 bits per heavy atom. The van der Waals surface area contributed by atoms with Gasteiger partial charge in [0, 0.05) is 26.2 Å². The maximum atomic E-state index is 12.0. The minimum Gasteiger partial charge on any atom is -0.492 e. The zero-order valence-corrected chi connectivity index (χ0v) is 19.6. The summed E-state index contributed by atoms with van der Waals surface area (Å²) in [7, 11) is 2.42. The van der Waals surface area contributed by atoms with Crippen LogP contribution < -0.4 is 4.74 Å². The van der Waals surface area contributed by atoms with Crippen LogP contribution in [0.2, 0.25) is 0 Å². The second kappa shape index (κ2) is 13.0. The molecule has 2 aromatic rings.